The van der Waals surface area contributed by atoms with Gasteiger partial charge in [0.1, 0.15) is 5.75 Å². The van der Waals surface area contributed by atoms with Crippen LogP contribution in [0.1, 0.15) is 24.8 Å². The highest BCUT2D eigenvalue weighted by Crippen LogP contribution is 2.31. The zero-order valence-electron chi connectivity index (χ0n) is 11.5. The van der Waals surface area contributed by atoms with Gasteiger partial charge in [-0.2, -0.15) is 0 Å². The number of nitrogens with one attached hydrogen (secondary N) is 1. The van der Waals surface area contributed by atoms with E-state index in [1.807, 2.05) is 31.2 Å². The standard InChI is InChI=1S/C15H21NO3/c1-3-19-15(17)13-8-9-16-10-14(13)11-4-6-12(18-2)7-5-11/h4-7,13-14,16H,3,8-10H2,1-2H3/t13-,14-/m1/s1. The molecule has 0 spiro atoms. The van der Waals surface area contributed by atoms with E-state index in [0.29, 0.717) is 6.61 Å². The monoisotopic (exact) mass is 263 g/mol. The van der Waals surface area contributed by atoms with E-state index in [1.54, 1.807) is 7.11 Å². The molecule has 104 valence electrons. The molecule has 4 nitrogen and oxygen atoms in total. The lowest BCUT2D eigenvalue weighted by Gasteiger charge is -2.30. The molecular formula is C15H21NO3. The minimum atomic E-state index is -0.0789. The second kappa shape index (κ2) is 6.57. The number of piperidine rings is 1. The summed E-state index contributed by atoms with van der Waals surface area (Å²) < 4.78 is 10.3. The molecule has 1 N–H and O–H groups in total. The molecule has 2 atom stereocenters. The second-order valence-corrected chi connectivity index (χ2v) is 4.73. The van der Waals surface area contributed by atoms with Crippen molar-refractivity contribution in [1.29, 1.82) is 0 Å². The van der Waals surface area contributed by atoms with Crippen molar-refractivity contribution in [2.24, 2.45) is 5.92 Å². The first kappa shape index (κ1) is 13.9. The molecule has 0 radical (unpaired) electrons. The molecule has 0 bridgehead atoms. The highest BCUT2D eigenvalue weighted by Gasteiger charge is 2.32. The largest absolute Gasteiger partial charge is 0.497 e. The number of esters is 1. The Morgan fingerprint density at radius 3 is 2.74 bits per heavy atom. The van der Waals surface area contributed by atoms with Crippen LogP contribution in [0.2, 0.25) is 0 Å². The van der Waals surface area contributed by atoms with E-state index in [2.05, 4.69) is 5.32 Å². The number of carbonyl (C=O) groups excluding carboxylic acids is 1. The highest BCUT2D eigenvalue weighted by molar-refractivity contribution is 5.74. The topological polar surface area (TPSA) is 47.6 Å². The Kier molecular flexibility index (Phi) is 4.80. The maximum absolute atomic E-state index is 12.0. The Bertz CT molecular complexity index is 416. The lowest BCUT2D eigenvalue weighted by molar-refractivity contribution is -0.149. The van der Waals surface area contributed by atoms with Gasteiger partial charge in [-0.05, 0) is 37.6 Å². The summed E-state index contributed by atoms with van der Waals surface area (Å²) in [6, 6.07) is 7.93. The van der Waals surface area contributed by atoms with Gasteiger partial charge in [0.15, 0.2) is 0 Å². The third-order valence-electron chi connectivity index (χ3n) is 3.62. The summed E-state index contributed by atoms with van der Waals surface area (Å²) in [5, 5.41) is 3.35. The van der Waals surface area contributed by atoms with Crippen LogP contribution in [0.5, 0.6) is 5.75 Å². The minimum absolute atomic E-state index is 0.0467. The molecule has 1 saturated heterocycles. The average molecular weight is 263 g/mol. The first-order valence-electron chi connectivity index (χ1n) is 6.77. The molecule has 0 aromatic heterocycles. The van der Waals surface area contributed by atoms with Crippen LogP contribution in [0.4, 0.5) is 0 Å². The first-order valence-corrected chi connectivity index (χ1v) is 6.77. The Morgan fingerprint density at radius 1 is 1.37 bits per heavy atom. The number of hydrogen-bond donors (Lipinski definition) is 1. The van der Waals surface area contributed by atoms with Crippen molar-refractivity contribution in [3.8, 4) is 5.75 Å². The average Bonchev–Trinajstić information content (AvgIpc) is 2.47. The summed E-state index contributed by atoms with van der Waals surface area (Å²) in [4.78, 5) is 12.0. The molecule has 1 fully saturated rings. The van der Waals surface area contributed by atoms with Gasteiger partial charge in [0.2, 0.25) is 0 Å². The molecule has 1 aromatic rings. The van der Waals surface area contributed by atoms with Crippen LogP contribution < -0.4 is 10.1 Å². The van der Waals surface area contributed by atoms with Crippen molar-refractivity contribution in [3.05, 3.63) is 29.8 Å². The molecule has 0 saturated carbocycles. The predicted octanol–water partition coefficient (Wildman–Crippen LogP) is 1.95. The van der Waals surface area contributed by atoms with E-state index < -0.39 is 0 Å². The number of benzene rings is 1. The summed E-state index contributed by atoms with van der Waals surface area (Å²) in [5.74, 6) is 0.887. The van der Waals surface area contributed by atoms with Gasteiger partial charge in [0.25, 0.3) is 0 Å². The van der Waals surface area contributed by atoms with Crippen molar-refractivity contribution in [3.63, 3.8) is 0 Å². The summed E-state index contributed by atoms with van der Waals surface area (Å²) >= 11 is 0. The van der Waals surface area contributed by atoms with Crippen LogP contribution in [0, 0.1) is 5.92 Å². The molecule has 2 rings (SSSR count). The number of rotatable bonds is 4. The predicted molar refractivity (Wildman–Crippen MR) is 73.3 cm³/mol. The fraction of sp³-hybridized carbons (Fsp3) is 0.533. The Labute approximate surface area is 114 Å². The van der Waals surface area contributed by atoms with Crippen molar-refractivity contribution < 1.29 is 14.3 Å². The quantitative estimate of drug-likeness (QED) is 0.844. The van der Waals surface area contributed by atoms with Gasteiger partial charge >= 0.3 is 5.97 Å². The summed E-state index contributed by atoms with van der Waals surface area (Å²) in [6.45, 7) is 3.98. The second-order valence-electron chi connectivity index (χ2n) is 4.73. The van der Waals surface area contributed by atoms with Gasteiger partial charge in [-0.25, -0.2) is 0 Å². The third kappa shape index (κ3) is 3.26. The minimum Gasteiger partial charge on any atom is -0.497 e. The smallest absolute Gasteiger partial charge is 0.309 e. The maximum Gasteiger partial charge on any atom is 0.309 e. The first-order chi connectivity index (χ1) is 9.26. The molecule has 1 aromatic carbocycles. The SMILES string of the molecule is CCOC(=O)[C@@H]1CCNC[C@@H]1c1ccc(OC)cc1. The highest BCUT2D eigenvalue weighted by atomic mass is 16.5. The van der Waals surface area contributed by atoms with Gasteiger partial charge in [-0.3, -0.25) is 4.79 Å². The molecule has 0 aliphatic carbocycles. The van der Waals surface area contributed by atoms with Gasteiger partial charge in [-0.15, -0.1) is 0 Å². The van der Waals surface area contributed by atoms with Crippen LogP contribution in [0.3, 0.4) is 0 Å². The summed E-state index contributed by atoms with van der Waals surface area (Å²) in [6.07, 6.45) is 0.829. The van der Waals surface area contributed by atoms with E-state index in [9.17, 15) is 4.79 Å². The molecule has 19 heavy (non-hydrogen) atoms. The normalized spacial score (nSPS) is 22.8. The Morgan fingerprint density at radius 2 is 2.11 bits per heavy atom. The lowest BCUT2D eigenvalue weighted by Crippen LogP contribution is -2.39. The summed E-state index contributed by atoms with van der Waals surface area (Å²) in [5.41, 5.74) is 1.16. The van der Waals surface area contributed by atoms with Crippen LogP contribution in [-0.2, 0) is 9.53 Å². The van der Waals surface area contributed by atoms with Crippen LogP contribution in [-0.4, -0.2) is 32.8 Å². The number of carbonyl (C=O) groups is 1. The molecule has 1 aliphatic rings. The van der Waals surface area contributed by atoms with Crippen molar-refractivity contribution in [2.75, 3.05) is 26.8 Å². The van der Waals surface area contributed by atoms with E-state index in [-0.39, 0.29) is 17.8 Å². The van der Waals surface area contributed by atoms with Gasteiger partial charge < -0.3 is 14.8 Å². The van der Waals surface area contributed by atoms with Crippen LogP contribution in [0.25, 0.3) is 0 Å². The van der Waals surface area contributed by atoms with Crippen molar-refractivity contribution in [2.45, 2.75) is 19.3 Å². The molecule has 0 amide bonds. The van der Waals surface area contributed by atoms with E-state index in [1.165, 1.54) is 0 Å². The number of methoxy groups -OCH3 is 1. The zero-order valence-corrected chi connectivity index (χ0v) is 11.5. The lowest BCUT2D eigenvalue weighted by atomic mass is 9.81. The van der Waals surface area contributed by atoms with E-state index >= 15 is 0 Å². The fourth-order valence-electron chi connectivity index (χ4n) is 2.59. The Hall–Kier alpha value is -1.55. The van der Waals surface area contributed by atoms with Gasteiger partial charge in [-0.1, -0.05) is 12.1 Å². The van der Waals surface area contributed by atoms with E-state index in [4.69, 9.17) is 9.47 Å². The summed E-state index contributed by atoms with van der Waals surface area (Å²) in [7, 11) is 1.65. The maximum atomic E-state index is 12.0. The molecule has 0 unspecified atom stereocenters. The third-order valence-corrected chi connectivity index (χ3v) is 3.62. The van der Waals surface area contributed by atoms with Crippen LogP contribution in [0.15, 0.2) is 24.3 Å². The molecular weight excluding hydrogens is 242 g/mol. The zero-order chi connectivity index (χ0) is 13.7. The van der Waals surface area contributed by atoms with Crippen molar-refractivity contribution in [1.82, 2.24) is 5.32 Å². The Balaban J connectivity index is 2.15. The van der Waals surface area contributed by atoms with Crippen molar-refractivity contribution >= 4 is 5.97 Å². The molecule has 1 heterocycles. The number of ether oxygens (including phenoxy) is 2. The molecule has 1 aliphatic heterocycles. The van der Waals surface area contributed by atoms with Crippen LogP contribution >= 0.6 is 0 Å². The van der Waals surface area contributed by atoms with Gasteiger partial charge in [0.05, 0.1) is 19.6 Å². The van der Waals surface area contributed by atoms with Gasteiger partial charge in [0, 0.05) is 12.5 Å². The number of hydrogen-bond acceptors (Lipinski definition) is 4. The fourth-order valence-corrected chi connectivity index (χ4v) is 2.59. The van der Waals surface area contributed by atoms with E-state index in [0.717, 1.165) is 30.8 Å². The molecule has 4 heteroatoms.